The number of nitrogen functional groups attached to an aromatic ring is 1. The maximum absolute atomic E-state index is 12.8. The number of anilines is 2. The topological polar surface area (TPSA) is 102 Å². The highest BCUT2D eigenvalue weighted by atomic mass is 16.2. The molecule has 0 aliphatic carbocycles. The van der Waals surface area contributed by atoms with E-state index < -0.39 is 17.2 Å². The van der Waals surface area contributed by atoms with Crippen molar-refractivity contribution in [2.75, 3.05) is 30.7 Å². The number of nitrogens with two attached hydrogens (primary N) is 1. The Morgan fingerprint density at radius 2 is 1.71 bits per heavy atom. The van der Waals surface area contributed by atoms with Gasteiger partial charge in [0.2, 0.25) is 5.91 Å². The zero-order chi connectivity index (χ0) is 20.8. The summed E-state index contributed by atoms with van der Waals surface area (Å²) in [5, 5.41) is 2.80. The lowest BCUT2D eigenvalue weighted by atomic mass is 10.1. The number of aromatic nitrogens is 2. The van der Waals surface area contributed by atoms with Crippen molar-refractivity contribution < 1.29 is 4.79 Å². The largest absolute Gasteiger partial charge is 0.385 e. The Morgan fingerprint density at radius 1 is 1.11 bits per heavy atom. The van der Waals surface area contributed by atoms with Gasteiger partial charge in [-0.25, -0.2) is 4.79 Å². The Balaban J connectivity index is 2.25. The molecule has 0 aliphatic heterocycles. The van der Waals surface area contributed by atoms with E-state index in [-0.39, 0.29) is 12.4 Å². The van der Waals surface area contributed by atoms with Crippen LogP contribution in [0.2, 0.25) is 0 Å². The van der Waals surface area contributed by atoms with Crippen LogP contribution >= 0.6 is 0 Å². The van der Waals surface area contributed by atoms with Crippen LogP contribution in [0.5, 0.6) is 0 Å². The summed E-state index contributed by atoms with van der Waals surface area (Å²) < 4.78 is 2.26. The van der Waals surface area contributed by atoms with Gasteiger partial charge in [0, 0.05) is 24.8 Å². The molecule has 0 saturated heterocycles. The normalized spacial score (nSPS) is 11.0. The molecule has 8 heteroatoms. The zero-order valence-corrected chi connectivity index (χ0v) is 17.0. The summed E-state index contributed by atoms with van der Waals surface area (Å²) in [5.74, 6) is -0.328. The number of hydrogen-bond donors (Lipinski definition) is 2. The van der Waals surface area contributed by atoms with Gasteiger partial charge in [0.05, 0.1) is 0 Å². The number of nitrogens with zero attached hydrogens (tertiary/aromatic N) is 3. The third-order valence-corrected chi connectivity index (χ3v) is 4.89. The van der Waals surface area contributed by atoms with Crippen LogP contribution in [-0.2, 0) is 17.9 Å². The van der Waals surface area contributed by atoms with Crippen LogP contribution in [0.1, 0.15) is 25.0 Å². The molecule has 1 heterocycles. The highest BCUT2D eigenvalue weighted by Gasteiger charge is 2.14. The van der Waals surface area contributed by atoms with E-state index in [1.165, 1.54) is 10.6 Å². The van der Waals surface area contributed by atoms with Crippen molar-refractivity contribution in [1.82, 2.24) is 14.0 Å². The van der Waals surface area contributed by atoms with E-state index in [1.807, 2.05) is 45.9 Å². The van der Waals surface area contributed by atoms with Gasteiger partial charge in [0.15, 0.2) is 0 Å². The van der Waals surface area contributed by atoms with Crippen LogP contribution in [0.15, 0.2) is 33.9 Å². The molecule has 0 bridgehead atoms. The third-order valence-electron chi connectivity index (χ3n) is 4.89. The molecule has 0 radical (unpaired) electrons. The summed E-state index contributed by atoms with van der Waals surface area (Å²) in [7, 11) is 0. The van der Waals surface area contributed by atoms with Crippen molar-refractivity contribution in [3.8, 4) is 0 Å². The van der Waals surface area contributed by atoms with Gasteiger partial charge in [-0.15, -0.1) is 0 Å². The average Bonchev–Trinajstić information content (AvgIpc) is 2.65. The third kappa shape index (κ3) is 4.89. The minimum absolute atomic E-state index is 0.105. The Labute approximate surface area is 164 Å². The summed E-state index contributed by atoms with van der Waals surface area (Å²) in [6, 6.07) is 6.87. The van der Waals surface area contributed by atoms with Gasteiger partial charge < -0.3 is 16.0 Å². The molecule has 2 aromatic rings. The first-order chi connectivity index (χ1) is 13.3. The molecule has 0 unspecified atom stereocenters. The fourth-order valence-corrected chi connectivity index (χ4v) is 3.12. The number of para-hydroxylation sites is 1. The van der Waals surface area contributed by atoms with Crippen LogP contribution in [-0.4, -0.2) is 39.6 Å². The lowest BCUT2D eigenvalue weighted by Crippen LogP contribution is -2.44. The van der Waals surface area contributed by atoms with Gasteiger partial charge in [-0.05, 0) is 38.1 Å². The molecule has 2 rings (SSSR count). The molecular weight excluding hydrogens is 358 g/mol. The zero-order valence-electron chi connectivity index (χ0n) is 17.0. The van der Waals surface area contributed by atoms with Gasteiger partial charge >= 0.3 is 5.69 Å². The lowest BCUT2D eigenvalue weighted by Gasteiger charge is -2.20. The standard InChI is InChI=1S/C20H29N5O3/c1-5-23(6-2)10-11-24-16(21)12-18(27)25(20(24)28)13-17(26)22-19-14(3)8-7-9-15(19)4/h7-9,12H,5-6,10-11,13,21H2,1-4H3,(H,22,26). The van der Waals surface area contributed by atoms with Crippen molar-refractivity contribution in [1.29, 1.82) is 0 Å². The summed E-state index contributed by atoms with van der Waals surface area (Å²) in [4.78, 5) is 39.7. The molecule has 0 spiro atoms. The highest BCUT2D eigenvalue weighted by molar-refractivity contribution is 5.92. The number of amides is 1. The van der Waals surface area contributed by atoms with Crippen molar-refractivity contribution in [3.63, 3.8) is 0 Å². The van der Waals surface area contributed by atoms with Crippen LogP contribution in [0.25, 0.3) is 0 Å². The maximum Gasteiger partial charge on any atom is 0.333 e. The maximum atomic E-state index is 12.8. The van der Waals surface area contributed by atoms with Gasteiger partial charge in [-0.1, -0.05) is 32.0 Å². The number of carbonyl (C=O) groups excluding carboxylic acids is 1. The minimum atomic E-state index is -0.585. The molecule has 0 fully saturated rings. The average molecular weight is 387 g/mol. The Hall–Kier alpha value is -2.87. The Morgan fingerprint density at radius 3 is 2.29 bits per heavy atom. The summed E-state index contributed by atoms with van der Waals surface area (Å²) in [5.41, 5.74) is 7.24. The molecule has 152 valence electrons. The van der Waals surface area contributed by atoms with Gasteiger partial charge in [0.25, 0.3) is 5.56 Å². The van der Waals surface area contributed by atoms with Gasteiger partial charge in [-0.2, -0.15) is 0 Å². The quantitative estimate of drug-likeness (QED) is 0.708. The fraction of sp³-hybridized carbons (Fsp3) is 0.450. The van der Waals surface area contributed by atoms with Crippen LogP contribution in [0, 0.1) is 13.8 Å². The first kappa shape index (κ1) is 21.4. The number of nitrogens with one attached hydrogen (secondary N) is 1. The van der Waals surface area contributed by atoms with Gasteiger partial charge in [-0.3, -0.25) is 18.7 Å². The molecular formula is C20H29N5O3. The van der Waals surface area contributed by atoms with E-state index in [4.69, 9.17) is 5.73 Å². The second-order valence-electron chi connectivity index (χ2n) is 6.77. The minimum Gasteiger partial charge on any atom is -0.385 e. The number of benzene rings is 1. The van der Waals surface area contributed by atoms with E-state index in [9.17, 15) is 14.4 Å². The summed E-state index contributed by atoms with van der Waals surface area (Å²) in [6.45, 7) is 10.2. The number of rotatable bonds is 8. The highest BCUT2D eigenvalue weighted by Crippen LogP contribution is 2.19. The summed E-state index contributed by atoms with van der Waals surface area (Å²) >= 11 is 0. The fourth-order valence-electron chi connectivity index (χ4n) is 3.12. The SMILES string of the molecule is CCN(CC)CCn1c(N)cc(=O)n(CC(=O)Nc2c(C)cccc2C)c1=O. The molecule has 0 saturated carbocycles. The van der Waals surface area contributed by atoms with Crippen molar-refractivity contribution in [3.05, 3.63) is 56.2 Å². The molecule has 1 aromatic carbocycles. The van der Waals surface area contributed by atoms with Crippen LogP contribution in [0.4, 0.5) is 11.5 Å². The number of aryl methyl sites for hydroxylation is 2. The number of likely N-dealkylation sites (N-methyl/N-ethyl adjacent to an activating group) is 1. The first-order valence-corrected chi connectivity index (χ1v) is 9.47. The van der Waals surface area contributed by atoms with Crippen molar-refractivity contribution in [2.24, 2.45) is 0 Å². The first-order valence-electron chi connectivity index (χ1n) is 9.47. The summed E-state index contributed by atoms with van der Waals surface area (Å²) in [6.07, 6.45) is 0. The molecule has 0 atom stereocenters. The molecule has 1 aromatic heterocycles. The lowest BCUT2D eigenvalue weighted by molar-refractivity contribution is -0.116. The predicted molar refractivity (Wildman–Crippen MR) is 112 cm³/mol. The molecule has 3 N–H and O–H groups in total. The molecule has 28 heavy (non-hydrogen) atoms. The van der Waals surface area contributed by atoms with Gasteiger partial charge in [0.1, 0.15) is 12.4 Å². The van der Waals surface area contributed by atoms with Crippen molar-refractivity contribution in [2.45, 2.75) is 40.8 Å². The Bertz CT molecular complexity index is 937. The van der Waals surface area contributed by atoms with E-state index in [2.05, 4.69) is 10.2 Å². The number of carbonyl (C=O) groups is 1. The monoisotopic (exact) mass is 387 g/mol. The number of hydrogen-bond acceptors (Lipinski definition) is 5. The smallest absolute Gasteiger partial charge is 0.333 e. The second kappa shape index (κ2) is 9.36. The van der Waals surface area contributed by atoms with E-state index in [1.54, 1.807) is 0 Å². The predicted octanol–water partition coefficient (Wildman–Crippen LogP) is 1.19. The van der Waals surface area contributed by atoms with Crippen LogP contribution < -0.4 is 22.3 Å². The molecule has 0 aliphatic rings. The van der Waals surface area contributed by atoms with E-state index >= 15 is 0 Å². The second-order valence-corrected chi connectivity index (χ2v) is 6.77. The van der Waals surface area contributed by atoms with E-state index in [0.717, 1.165) is 28.8 Å². The molecule has 8 nitrogen and oxygen atoms in total. The van der Waals surface area contributed by atoms with Crippen molar-refractivity contribution >= 4 is 17.4 Å². The molecule has 1 amide bonds. The van der Waals surface area contributed by atoms with E-state index in [0.29, 0.717) is 18.8 Å². The Kier molecular flexibility index (Phi) is 7.17. The van der Waals surface area contributed by atoms with Crippen LogP contribution in [0.3, 0.4) is 0 Å².